The van der Waals surface area contributed by atoms with E-state index < -0.39 is 0 Å². The Hall–Kier alpha value is -2.31. The Morgan fingerprint density at radius 1 is 1.12 bits per heavy atom. The second kappa shape index (κ2) is 11.0. The Balaban J connectivity index is 1.33. The highest BCUT2D eigenvalue weighted by Crippen LogP contribution is 2.29. The maximum Gasteiger partial charge on any atom is 0.342 e. The van der Waals surface area contributed by atoms with Crippen LogP contribution >= 0.6 is 11.6 Å². The Morgan fingerprint density at radius 3 is 2.56 bits per heavy atom. The number of piperidine rings is 1. The summed E-state index contributed by atoms with van der Waals surface area (Å²) in [5.41, 5.74) is 2.72. The molecule has 0 bridgehead atoms. The number of benzene rings is 1. The molecule has 34 heavy (non-hydrogen) atoms. The molecule has 1 aromatic heterocycles. The number of rotatable bonds is 7. The number of ether oxygens (including phenoxy) is 1. The van der Waals surface area contributed by atoms with E-state index in [1.54, 1.807) is 6.20 Å². The summed E-state index contributed by atoms with van der Waals surface area (Å²) in [6.07, 6.45) is 5.01. The quantitative estimate of drug-likeness (QED) is 0.553. The fourth-order valence-corrected chi connectivity index (χ4v) is 5.42. The summed E-state index contributed by atoms with van der Waals surface area (Å²) >= 11 is 6.18. The molecule has 184 valence electrons. The first-order chi connectivity index (χ1) is 16.3. The Bertz CT molecular complexity index is 990. The van der Waals surface area contributed by atoms with E-state index in [0.717, 1.165) is 49.0 Å². The van der Waals surface area contributed by atoms with Gasteiger partial charge in [-0.3, -0.25) is 0 Å². The molecule has 2 aliphatic rings. The van der Waals surface area contributed by atoms with Gasteiger partial charge >= 0.3 is 5.97 Å². The standard InChI is InChI=1S/C27H37ClN4O2/c1-18(2)34-27(33)25-19(3)8-12-29-26(25)32-15-11-23(17-32)30-20(4)21-9-13-31(14-10-21)24-7-5-6-22(28)16-24/h5-8,12,16,18,20-21,23,30H,9-11,13-15,17H2,1-4H3/t20?,23-/m1/s1. The normalized spacial score (nSPS) is 20.1. The van der Waals surface area contributed by atoms with E-state index in [4.69, 9.17) is 16.3 Å². The minimum absolute atomic E-state index is 0.154. The minimum atomic E-state index is -0.285. The molecule has 2 atom stereocenters. The number of nitrogens with zero attached hydrogens (tertiary/aromatic N) is 3. The summed E-state index contributed by atoms with van der Waals surface area (Å²) in [5, 5.41) is 4.68. The van der Waals surface area contributed by atoms with Crippen molar-refractivity contribution in [3.05, 3.63) is 52.7 Å². The predicted molar refractivity (Wildman–Crippen MR) is 139 cm³/mol. The van der Waals surface area contributed by atoms with Crippen LogP contribution in [0.1, 0.15) is 56.0 Å². The van der Waals surface area contributed by atoms with E-state index in [0.29, 0.717) is 23.6 Å². The average molecular weight is 485 g/mol. The lowest BCUT2D eigenvalue weighted by Gasteiger charge is -2.37. The molecule has 3 heterocycles. The number of carbonyl (C=O) groups excluding carboxylic acids is 1. The van der Waals surface area contributed by atoms with Crippen LogP contribution in [0.2, 0.25) is 5.02 Å². The van der Waals surface area contributed by atoms with Crippen molar-refractivity contribution in [1.29, 1.82) is 0 Å². The first kappa shape index (κ1) is 24.8. The number of hydrogen-bond donors (Lipinski definition) is 1. The van der Waals surface area contributed by atoms with Gasteiger partial charge in [-0.1, -0.05) is 17.7 Å². The number of hydrogen-bond acceptors (Lipinski definition) is 6. The minimum Gasteiger partial charge on any atom is -0.459 e. The lowest BCUT2D eigenvalue weighted by Crippen LogP contribution is -2.46. The molecule has 0 saturated carbocycles. The van der Waals surface area contributed by atoms with Crippen LogP contribution < -0.4 is 15.1 Å². The maximum atomic E-state index is 12.8. The summed E-state index contributed by atoms with van der Waals surface area (Å²) in [6.45, 7) is 11.9. The van der Waals surface area contributed by atoms with Gasteiger partial charge in [0.2, 0.25) is 0 Å². The van der Waals surface area contributed by atoms with Crippen LogP contribution in [0.4, 0.5) is 11.5 Å². The highest BCUT2D eigenvalue weighted by Gasteiger charge is 2.31. The molecule has 2 saturated heterocycles. The molecule has 6 nitrogen and oxygen atoms in total. The molecule has 2 aromatic rings. The fraction of sp³-hybridized carbons (Fsp3) is 0.556. The van der Waals surface area contributed by atoms with Crippen molar-refractivity contribution in [2.24, 2.45) is 5.92 Å². The molecule has 2 aliphatic heterocycles. The first-order valence-electron chi connectivity index (χ1n) is 12.5. The number of anilines is 2. The van der Waals surface area contributed by atoms with Crippen molar-refractivity contribution < 1.29 is 9.53 Å². The average Bonchev–Trinajstić information content (AvgIpc) is 3.26. The molecular formula is C27H37ClN4O2. The highest BCUT2D eigenvalue weighted by atomic mass is 35.5. The van der Waals surface area contributed by atoms with Crippen LogP contribution in [0.3, 0.4) is 0 Å². The lowest BCUT2D eigenvalue weighted by molar-refractivity contribution is 0.0377. The monoisotopic (exact) mass is 484 g/mol. The molecule has 0 radical (unpaired) electrons. The van der Waals surface area contributed by atoms with E-state index in [1.807, 2.05) is 39.0 Å². The zero-order chi connectivity index (χ0) is 24.2. The van der Waals surface area contributed by atoms with Crippen LogP contribution in [0.5, 0.6) is 0 Å². The second-order valence-corrected chi connectivity index (χ2v) is 10.4. The van der Waals surface area contributed by atoms with Gasteiger partial charge < -0.3 is 19.9 Å². The predicted octanol–water partition coefficient (Wildman–Crippen LogP) is 5.08. The van der Waals surface area contributed by atoms with Crippen molar-refractivity contribution >= 4 is 29.1 Å². The number of esters is 1. The Morgan fingerprint density at radius 2 is 1.85 bits per heavy atom. The fourth-order valence-electron chi connectivity index (χ4n) is 5.24. The van der Waals surface area contributed by atoms with Crippen molar-refractivity contribution in [1.82, 2.24) is 10.3 Å². The Labute approximate surface area is 208 Å². The number of nitrogens with one attached hydrogen (secondary N) is 1. The van der Waals surface area contributed by atoms with Crippen molar-refractivity contribution in [2.45, 2.75) is 65.1 Å². The molecular weight excluding hydrogens is 448 g/mol. The van der Waals surface area contributed by atoms with Crippen LogP contribution in [0, 0.1) is 12.8 Å². The molecule has 4 rings (SSSR count). The molecule has 1 aromatic carbocycles. The van der Waals surface area contributed by atoms with Crippen molar-refractivity contribution in [3.8, 4) is 0 Å². The lowest BCUT2D eigenvalue weighted by atomic mass is 9.89. The Kier molecular flexibility index (Phi) is 7.99. The van der Waals surface area contributed by atoms with Gasteiger partial charge in [0.1, 0.15) is 11.4 Å². The number of pyridine rings is 1. The third-order valence-electron chi connectivity index (χ3n) is 7.09. The van der Waals surface area contributed by atoms with Gasteiger partial charge in [-0.25, -0.2) is 9.78 Å². The van der Waals surface area contributed by atoms with Gasteiger partial charge in [-0.15, -0.1) is 0 Å². The van der Waals surface area contributed by atoms with Gasteiger partial charge in [0.05, 0.1) is 6.10 Å². The van der Waals surface area contributed by atoms with Crippen molar-refractivity contribution in [2.75, 3.05) is 36.0 Å². The summed E-state index contributed by atoms with van der Waals surface area (Å²) < 4.78 is 5.50. The summed E-state index contributed by atoms with van der Waals surface area (Å²) in [7, 11) is 0. The largest absolute Gasteiger partial charge is 0.459 e. The third-order valence-corrected chi connectivity index (χ3v) is 7.33. The van der Waals surface area contributed by atoms with Crippen LogP contribution in [0.25, 0.3) is 0 Å². The molecule has 1 N–H and O–H groups in total. The number of aromatic nitrogens is 1. The number of aryl methyl sites for hydroxylation is 1. The number of halogens is 1. The van der Waals surface area contributed by atoms with Gasteiger partial charge in [0, 0.05) is 55.2 Å². The molecule has 0 aliphatic carbocycles. The first-order valence-corrected chi connectivity index (χ1v) is 12.9. The van der Waals surface area contributed by atoms with Crippen molar-refractivity contribution in [3.63, 3.8) is 0 Å². The molecule has 7 heteroatoms. The SMILES string of the molecule is Cc1ccnc(N2CC[C@@H](NC(C)C3CCN(c4cccc(Cl)c4)CC3)C2)c1C(=O)OC(C)C. The van der Waals surface area contributed by atoms with E-state index in [9.17, 15) is 4.79 Å². The topological polar surface area (TPSA) is 57.7 Å². The summed E-state index contributed by atoms with van der Waals surface area (Å²) in [4.78, 5) is 22.0. The molecule has 0 amide bonds. The van der Waals surface area contributed by atoms with E-state index in [-0.39, 0.29) is 12.1 Å². The summed E-state index contributed by atoms with van der Waals surface area (Å²) in [5.74, 6) is 1.11. The van der Waals surface area contributed by atoms with E-state index >= 15 is 0 Å². The molecule has 1 unspecified atom stereocenters. The van der Waals surface area contributed by atoms with E-state index in [2.05, 4.69) is 39.2 Å². The molecule has 2 fully saturated rings. The zero-order valence-electron chi connectivity index (χ0n) is 20.8. The van der Waals surface area contributed by atoms with Crippen LogP contribution in [-0.2, 0) is 4.74 Å². The smallest absolute Gasteiger partial charge is 0.342 e. The van der Waals surface area contributed by atoms with Crippen LogP contribution in [0.15, 0.2) is 36.5 Å². The maximum absolute atomic E-state index is 12.8. The second-order valence-electron chi connectivity index (χ2n) is 9.97. The van der Waals surface area contributed by atoms with Gasteiger partial charge in [0.15, 0.2) is 0 Å². The van der Waals surface area contributed by atoms with Gasteiger partial charge in [-0.2, -0.15) is 0 Å². The number of carbonyl (C=O) groups is 1. The zero-order valence-corrected chi connectivity index (χ0v) is 21.5. The molecule has 0 spiro atoms. The van der Waals surface area contributed by atoms with E-state index in [1.165, 1.54) is 18.5 Å². The third kappa shape index (κ3) is 5.84. The van der Waals surface area contributed by atoms with Gasteiger partial charge in [-0.05, 0) is 82.7 Å². The summed E-state index contributed by atoms with van der Waals surface area (Å²) in [6, 6.07) is 10.9. The van der Waals surface area contributed by atoms with Gasteiger partial charge in [0.25, 0.3) is 0 Å². The van der Waals surface area contributed by atoms with Crippen LogP contribution in [-0.4, -0.2) is 55.3 Å². The highest BCUT2D eigenvalue weighted by molar-refractivity contribution is 6.30.